The van der Waals surface area contributed by atoms with E-state index in [1.165, 1.54) is 17.0 Å². The first-order valence-electron chi connectivity index (χ1n) is 7.10. The number of carbonyl (C=O) groups excluding carboxylic acids is 2. The number of nitrogens with one attached hydrogen (secondary N) is 1. The maximum Gasteiger partial charge on any atom is 0.305 e. The van der Waals surface area contributed by atoms with Crippen LogP contribution in [0, 0.1) is 0 Å². The van der Waals surface area contributed by atoms with Crippen LogP contribution in [0.3, 0.4) is 0 Å². The summed E-state index contributed by atoms with van der Waals surface area (Å²) >= 11 is 0. The molecule has 1 aromatic rings. The van der Waals surface area contributed by atoms with Crippen LogP contribution in [-0.4, -0.2) is 35.3 Å². The smallest absolute Gasteiger partial charge is 0.305 e. The lowest BCUT2D eigenvalue weighted by Crippen LogP contribution is -2.30. The Morgan fingerprint density at radius 3 is 2.64 bits per heavy atom. The van der Waals surface area contributed by atoms with E-state index >= 15 is 0 Å². The third-order valence-corrected chi connectivity index (χ3v) is 3.04. The van der Waals surface area contributed by atoms with Gasteiger partial charge in [0.15, 0.2) is 0 Å². The van der Waals surface area contributed by atoms with Crippen LogP contribution in [-0.2, 0) is 9.59 Å². The predicted molar refractivity (Wildman–Crippen MR) is 80.8 cm³/mol. The van der Waals surface area contributed by atoms with Gasteiger partial charge in [-0.2, -0.15) is 0 Å². The fourth-order valence-electron chi connectivity index (χ4n) is 1.98. The summed E-state index contributed by atoms with van der Waals surface area (Å²) in [6, 6.07) is 6.26. The molecule has 1 aliphatic heterocycles. The molecule has 1 aliphatic rings. The number of benzene rings is 1. The highest BCUT2D eigenvalue weighted by Gasteiger charge is 2.27. The van der Waals surface area contributed by atoms with Crippen LogP contribution in [0.5, 0.6) is 0 Å². The zero-order chi connectivity index (χ0) is 17.0. The van der Waals surface area contributed by atoms with Gasteiger partial charge in [0.2, 0.25) is 0 Å². The number of nitrogens with zero attached hydrogens (tertiary/aromatic N) is 2. The Kier molecular flexibility index (Phi) is 3.95. The second-order valence-electron chi connectivity index (χ2n) is 4.63. The highest BCUT2D eigenvalue weighted by Crippen LogP contribution is 2.22. The van der Waals surface area contributed by atoms with Gasteiger partial charge in [-0.1, -0.05) is 6.55 Å². The summed E-state index contributed by atoms with van der Waals surface area (Å²) in [6.07, 6.45) is -0.149. The van der Waals surface area contributed by atoms with Crippen molar-refractivity contribution < 1.29 is 20.9 Å². The van der Waals surface area contributed by atoms with Crippen molar-refractivity contribution in [3.63, 3.8) is 0 Å². The number of aliphatic imine (C=N–C) groups is 1. The molecule has 1 aromatic carbocycles. The largest absolute Gasteiger partial charge is 0.481 e. The molecule has 7 nitrogen and oxygen atoms in total. The topological polar surface area (TPSA) is 99.1 Å². The standard InChI is InChI=1S/C15H15N3O4/c1-9-15(22)18(10(2)17-9)12-5-3-11(4-6-12)14(21)16-8-7-13(19)20/h3-6H,1,7-8H2,2H3,(H,16,21)(H,19,20)/i1D/b9-1-. The van der Waals surface area contributed by atoms with E-state index in [1.807, 2.05) is 0 Å². The first-order valence-corrected chi connectivity index (χ1v) is 6.52. The van der Waals surface area contributed by atoms with E-state index in [9.17, 15) is 14.4 Å². The number of aliphatic carboxylic acids is 1. The van der Waals surface area contributed by atoms with Crippen molar-refractivity contribution in [3.05, 3.63) is 42.1 Å². The number of anilines is 1. The molecule has 7 heteroatoms. The molecule has 114 valence electrons. The average molecular weight is 302 g/mol. The second-order valence-corrected chi connectivity index (χ2v) is 4.63. The molecule has 0 fully saturated rings. The Hall–Kier alpha value is -2.96. The number of amides is 2. The number of hydrogen-bond acceptors (Lipinski definition) is 4. The van der Waals surface area contributed by atoms with Crippen LogP contribution in [0.25, 0.3) is 0 Å². The Balaban J connectivity index is 2.08. The van der Waals surface area contributed by atoms with Crippen LogP contribution in [0.15, 0.2) is 41.5 Å². The molecule has 0 unspecified atom stereocenters. The number of amidine groups is 1. The number of carbonyl (C=O) groups is 3. The minimum Gasteiger partial charge on any atom is -0.481 e. The Labute approximate surface area is 128 Å². The maximum atomic E-state index is 12.1. The van der Waals surface area contributed by atoms with Gasteiger partial charge in [0.05, 0.1) is 13.5 Å². The summed E-state index contributed by atoms with van der Waals surface area (Å²) in [4.78, 5) is 39.7. The number of rotatable bonds is 5. The van der Waals surface area contributed by atoms with Gasteiger partial charge in [-0.15, -0.1) is 0 Å². The molecule has 2 amide bonds. The first-order chi connectivity index (χ1) is 10.9. The number of carboxylic acids is 1. The van der Waals surface area contributed by atoms with Crippen molar-refractivity contribution in [2.24, 2.45) is 4.99 Å². The summed E-state index contributed by atoms with van der Waals surface area (Å²) < 4.78 is 7.15. The lowest BCUT2D eigenvalue weighted by molar-refractivity contribution is -0.136. The number of hydrogen-bond donors (Lipinski definition) is 2. The summed E-state index contributed by atoms with van der Waals surface area (Å²) in [7, 11) is 0. The van der Waals surface area contributed by atoms with Gasteiger partial charge in [0.1, 0.15) is 11.5 Å². The van der Waals surface area contributed by atoms with Crippen molar-refractivity contribution in [3.8, 4) is 0 Å². The van der Waals surface area contributed by atoms with Gasteiger partial charge in [0, 0.05) is 12.1 Å². The lowest BCUT2D eigenvalue weighted by atomic mass is 10.1. The third kappa shape index (κ3) is 3.20. The minimum atomic E-state index is -0.985. The molecule has 0 saturated heterocycles. The number of carboxylic acid groups (broad SMARTS) is 1. The van der Waals surface area contributed by atoms with Crippen molar-refractivity contribution in [1.82, 2.24) is 5.32 Å². The van der Waals surface area contributed by atoms with Gasteiger partial charge in [-0.25, -0.2) is 4.99 Å². The van der Waals surface area contributed by atoms with Gasteiger partial charge in [-0.05, 0) is 31.2 Å². The highest BCUT2D eigenvalue weighted by molar-refractivity contribution is 6.26. The summed E-state index contributed by atoms with van der Waals surface area (Å²) in [5.74, 6) is -1.31. The molecule has 22 heavy (non-hydrogen) atoms. The van der Waals surface area contributed by atoms with Crippen molar-refractivity contribution in [2.75, 3.05) is 11.4 Å². The maximum absolute atomic E-state index is 12.1. The summed E-state index contributed by atoms with van der Waals surface area (Å²) in [6.45, 7) is 2.60. The molecule has 2 N–H and O–H groups in total. The van der Waals surface area contributed by atoms with Crippen LogP contribution in [0.1, 0.15) is 25.1 Å². The fraction of sp³-hybridized carbons (Fsp3) is 0.200. The molecule has 0 bridgehead atoms. The van der Waals surface area contributed by atoms with Crippen molar-refractivity contribution >= 4 is 29.3 Å². The van der Waals surface area contributed by atoms with Gasteiger partial charge < -0.3 is 10.4 Å². The van der Waals surface area contributed by atoms with E-state index in [4.69, 9.17) is 6.48 Å². The molecule has 0 aliphatic carbocycles. The van der Waals surface area contributed by atoms with E-state index < -0.39 is 11.9 Å². The van der Waals surface area contributed by atoms with Gasteiger partial charge >= 0.3 is 5.97 Å². The molecule has 0 spiro atoms. The third-order valence-electron chi connectivity index (χ3n) is 3.04. The zero-order valence-electron chi connectivity index (χ0n) is 12.9. The first kappa shape index (κ1) is 14.0. The van der Waals surface area contributed by atoms with E-state index in [0.717, 1.165) is 6.55 Å². The molecule has 0 aromatic heterocycles. The summed E-state index contributed by atoms with van der Waals surface area (Å²) in [5.41, 5.74) is 0.949. The average Bonchev–Trinajstić information content (AvgIpc) is 2.81. The fourth-order valence-corrected chi connectivity index (χ4v) is 1.98. The summed E-state index contributed by atoms with van der Waals surface area (Å²) in [5, 5.41) is 11.0. The Bertz CT molecular complexity index is 708. The van der Waals surface area contributed by atoms with E-state index in [1.54, 1.807) is 19.1 Å². The Morgan fingerprint density at radius 2 is 2.09 bits per heavy atom. The molecule has 0 atom stereocenters. The van der Waals surface area contributed by atoms with Crippen LogP contribution in [0.4, 0.5) is 5.69 Å². The molecular weight excluding hydrogens is 286 g/mol. The van der Waals surface area contributed by atoms with Crippen LogP contribution >= 0.6 is 0 Å². The lowest BCUT2D eigenvalue weighted by Gasteiger charge is -2.16. The van der Waals surface area contributed by atoms with E-state index in [-0.39, 0.29) is 24.6 Å². The van der Waals surface area contributed by atoms with Crippen LogP contribution < -0.4 is 10.2 Å². The SMILES string of the molecule is [2H]/C=C1\N=C(C)N(c2ccc(C(=O)NCCC(=O)O)cc2)C1=O. The van der Waals surface area contributed by atoms with Crippen LogP contribution in [0.2, 0.25) is 0 Å². The van der Waals surface area contributed by atoms with Crippen molar-refractivity contribution in [2.45, 2.75) is 13.3 Å². The molecule has 1 heterocycles. The normalized spacial score (nSPS) is 16.5. The highest BCUT2D eigenvalue weighted by atomic mass is 16.4. The molecular formula is C15H15N3O4. The van der Waals surface area contributed by atoms with Crippen molar-refractivity contribution in [1.29, 1.82) is 0 Å². The quantitative estimate of drug-likeness (QED) is 0.797. The molecule has 2 rings (SSSR count). The van der Waals surface area contributed by atoms with Gasteiger partial charge in [-0.3, -0.25) is 19.3 Å². The van der Waals surface area contributed by atoms with E-state index in [2.05, 4.69) is 10.3 Å². The monoisotopic (exact) mass is 302 g/mol. The Morgan fingerprint density at radius 1 is 1.41 bits per heavy atom. The predicted octanol–water partition coefficient (Wildman–Crippen LogP) is 1.17. The van der Waals surface area contributed by atoms with E-state index in [0.29, 0.717) is 17.1 Å². The molecule has 0 radical (unpaired) electrons. The minimum absolute atomic E-state index is 0.0456. The van der Waals surface area contributed by atoms with Gasteiger partial charge in [0.25, 0.3) is 11.8 Å². The second kappa shape index (κ2) is 6.21. The zero-order valence-corrected chi connectivity index (χ0v) is 11.9. The molecule has 0 saturated carbocycles.